The van der Waals surface area contributed by atoms with Gasteiger partial charge in [0.2, 0.25) is 11.8 Å². The standard InChI is InChI=1S/C29H30N2O4/c1-19-9-12-25(13-10-19)34-26-14-11-20(16-27(26)35-24-7-2-3-8-24)22-17-28(32)31(18-22)23-6-4-5-21(15-23)29(30)33/h4-6,9-16,22,24H,2-3,7-8,17-18H2,1H3,(H2,30,33)/t22-/m1/s1. The molecule has 2 N–H and O–H groups in total. The fourth-order valence-electron chi connectivity index (χ4n) is 4.88. The van der Waals surface area contributed by atoms with E-state index in [1.54, 1.807) is 23.1 Å². The van der Waals surface area contributed by atoms with Crippen LogP contribution in [0.15, 0.2) is 66.7 Å². The molecule has 0 aromatic heterocycles. The summed E-state index contributed by atoms with van der Waals surface area (Å²) in [5.74, 6) is 1.69. The normalized spacial score (nSPS) is 18.1. The molecule has 6 heteroatoms. The highest BCUT2D eigenvalue weighted by Crippen LogP contribution is 2.40. The first-order chi connectivity index (χ1) is 17.0. The van der Waals surface area contributed by atoms with Gasteiger partial charge in [0.05, 0.1) is 6.10 Å². The number of primary amides is 1. The van der Waals surface area contributed by atoms with E-state index in [9.17, 15) is 9.59 Å². The summed E-state index contributed by atoms with van der Waals surface area (Å²) < 4.78 is 12.6. The molecule has 0 spiro atoms. The van der Waals surface area contributed by atoms with Gasteiger partial charge in [-0.3, -0.25) is 9.59 Å². The monoisotopic (exact) mass is 470 g/mol. The summed E-state index contributed by atoms with van der Waals surface area (Å²) in [4.78, 5) is 26.2. The number of benzene rings is 3. The largest absolute Gasteiger partial charge is 0.487 e. The maximum Gasteiger partial charge on any atom is 0.248 e. The molecular formula is C29H30N2O4. The highest BCUT2D eigenvalue weighted by atomic mass is 16.5. The third-order valence-electron chi connectivity index (χ3n) is 6.85. The second-order valence-electron chi connectivity index (χ2n) is 9.47. The first-order valence-corrected chi connectivity index (χ1v) is 12.2. The number of nitrogens with two attached hydrogens (primary N) is 1. The molecule has 1 aliphatic carbocycles. The van der Waals surface area contributed by atoms with Crippen molar-refractivity contribution in [2.45, 2.75) is 51.0 Å². The Balaban J connectivity index is 1.40. The minimum atomic E-state index is -0.507. The van der Waals surface area contributed by atoms with Crippen LogP contribution in [-0.2, 0) is 4.79 Å². The molecule has 1 saturated carbocycles. The predicted molar refractivity (Wildman–Crippen MR) is 135 cm³/mol. The van der Waals surface area contributed by atoms with Gasteiger partial charge < -0.3 is 20.1 Å². The van der Waals surface area contributed by atoms with Crippen molar-refractivity contribution in [1.82, 2.24) is 0 Å². The van der Waals surface area contributed by atoms with E-state index in [0.29, 0.717) is 30.0 Å². The van der Waals surface area contributed by atoms with E-state index >= 15 is 0 Å². The van der Waals surface area contributed by atoms with Crippen LogP contribution in [0.1, 0.15) is 59.5 Å². The van der Waals surface area contributed by atoms with Crippen molar-refractivity contribution in [3.05, 3.63) is 83.4 Å². The van der Waals surface area contributed by atoms with Gasteiger partial charge in [-0.2, -0.15) is 0 Å². The lowest BCUT2D eigenvalue weighted by molar-refractivity contribution is -0.117. The number of carbonyl (C=O) groups is 2. The van der Waals surface area contributed by atoms with E-state index in [2.05, 4.69) is 0 Å². The van der Waals surface area contributed by atoms with E-state index in [1.165, 1.54) is 18.4 Å². The van der Waals surface area contributed by atoms with Crippen molar-refractivity contribution < 1.29 is 19.1 Å². The highest BCUT2D eigenvalue weighted by molar-refractivity contribution is 5.99. The van der Waals surface area contributed by atoms with Crippen molar-refractivity contribution in [1.29, 1.82) is 0 Å². The number of amides is 2. The third kappa shape index (κ3) is 5.16. The molecule has 0 bridgehead atoms. The Labute approximate surface area is 205 Å². The van der Waals surface area contributed by atoms with Crippen LogP contribution in [0.3, 0.4) is 0 Å². The number of hydrogen-bond donors (Lipinski definition) is 1. The number of hydrogen-bond acceptors (Lipinski definition) is 4. The topological polar surface area (TPSA) is 81.9 Å². The molecule has 2 aliphatic rings. The lowest BCUT2D eigenvalue weighted by Gasteiger charge is -2.20. The summed E-state index contributed by atoms with van der Waals surface area (Å²) >= 11 is 0. The van der Waals surface area contributed by atoms with Gasteiger partial charge in [0.1, 0.15) is 5.75 Å². The fraction of sp³-hybridized carbons (Fsp3) is 0.310. The third-order valence-corrected chi connectivity index (χ3v) is 6.85. The SMILES string of the molecule is Cc1ccc(Oc2ccc([C@@H]3CC(=O)N(c4cccc(C(N)=O)c4)C3)cc2OC2CCCC2)cc1. The number of ether oxygens (including phenoxy) is 2. The lowest BCUT2D eigenvalue weighted by atomic mass is 9.97. The van der Waals surface area contributed by atoms with Gasteiger partial charge in [0.25, 0.3) is 0 Å². The Morgan fingerprint density at radius 1 is 0.971 bits per heavy atom. The van der Waals surface area contributed by atoms with Crippen LogP contribution >= 0.6 is 0 Å². The molecule has 180 valence electrons. The zero-order chi connectivity index (χ0) is 24.4. The zero-order valence-electron chi connectivity index (χ0n) is 19.9. The van der Waals surface area contributed by atoms with Gasteiger partial charge in [-0.1, -0.05) is 29.8 Å². The summed E-state index contributed by atoms with van der Waals surface area (Å²) in [7, 11) is 0. The predicted octanol–water partition coefficient (Wildman–Crippen LogP) is 5.73. The van der Waals surface area contributed by atoms with Crippen molar-refractivity contribution in [2.24, 2.45) is 5.73 Å². The van der Waals surface area contributed by atoms with E-state index in [1.807, 2.05) is 55.5 Å². The van der Waals surface area contributed by atoms with E-state index in [4.69, 9.17) is 15.2 Å². The summed E-state index contributed by atoms with van der Waals surface area (Å²) in [5.41, 5.74) is 8.72. The van der Waals surface area contributed by atoms with Crippen molar-refractivity contribution in [2.75, 3.05) is 11.4 Å². The summed E-state index contributed by atoms with van der Waals surface area (Å²) in [6, 6.07) is 20.9. The Hall–Kier alpha value is -3.80. The molecule has 1 aliphatic heterocycles. The van der Waals surface area contributed by atoms with Gasteiger partial charge >= 0.3 is 0 Å². The van der Waals surface area contributed by atoms with Crippen LogP contribution in [0.2, 0.25) is 0 Å². The Morgan fingerprint density at radius 3 is 2.49 bits per heavy atom. The molecule has 5 rings (SSSR count). The molecule has 2 fully saturated rings. The summed E-state index contributed by atoms with van der Waals surface area (Å²) in [5, 5.41) is 0. The molecule has 35 heavy (non-hydrogen) atoms. The number of anilines is 1. The zero-order valence-corrected chi connectivity index (χ0v) is 19.9. The Morgan fingerprint density at radius 2 is 1.74 bits per heavy atom. The maximum atomic E-state index is 12.9. The van der Waals surface area contributed by atoms with E-state index in [-0.39, 0.29) is 17.9 Å². The fourth-order valence-corrected chi connectivity index (χ4v) is 4.88. The maximum absolute atomic E-state index is 12.9. The number of carbonyl (C=O) groups excluding carboxylic acids is 2. The molecular weight excluding hydrogens is 440 g/mol. The van der Waals surface area contributed by atoms with Gasteiger partial charge in [-0.15, -0.1) is 0 Å². The summed E-state index contributed by atoms with van der Waals surface area (Å²) in [6.45, 7) is 2.58. The van der Waals surface area contributed by atoms with E-state index < -0.39 is 5.91 Å². The molecule has 6 nitrogen and oxygen atoms in total. The number of nitrogens with zero attached hydrogens (tertiary/aromatic N) is 1. The molecule has 1 saturated heterocycles. The van der Waals surface area contributed by atoms with Crippen molar-refractivity contribution in [3.8, 4) is 17.2 Å². The Bertz CT molecular complexity index is 1230. The molecule has 1 heterocycles. The van der Waals surface area contributed by atoms with Crippen LogP contribution in [-0.4, -0.2) is 24.5 Å². The first kappa shape index (κ1) is 23.0. The van der Waals surface area contributed by atoms with Gasteiger partial charge in [0.15, 0.2) is 11.5 Å². The molecule has 1 atom stereocenters. The second kappa shape index (κ2) is 9.82. The summed E-state index contributed by atoms with van der Waals surface area (Å²) in [6.07, 6.45) is 5.01. The molecule has 3 aromatic rings. The van der Waals surface area contributed by atoms with Crippen molar-refractivity contribution in [3.63, 3.8) is 0 Å². The van der Waals surface area contributed by atoms with Crippen LogP contribution < -0.4 is 20.1 Å². The molecule has 2 amide bonds. The van der Waals surface area contributed by atoms with Gasteiger partial charge in [-0.25, -0.2) is 0 Å². The minimum Gasteiger partial charge on any atom is -0.487 e. The smallest absolute Gasteiger partial charge is 0.248 e. The minimum absolute atomic E-state index is 0.0130. The van der Waals surface area contributed by atoms with Gasteiger partial charge in [0, 0.05) is 30.1 Å². The van der Waals surface area contributed by atoms with Crippen LogP contribution in [0.5, 0.6) is 17.2 Å². The van der Waals surface area contributed by atoms with Crippen LogP contribution in [0.25, 0.3) is 0 Å². The molecule has 0 radical (unpaired) electrons. The number of rotatable bonds is 7. The lowest BCUT2D eigenvalue weighted by Crippen LogP contribution is -2.24. The van der Waals surface area contributed by atoms with Crippen molar-refractivity contribution >= 4 is 17.5 Å². The Kier molecular flexibility index (Phi) is 6.45. The van der Waals surface area contributed by atoms with Crippen LogP contribution in [0.4, 0.5) is 5.69 Å². The van der Waals surface area contributed by atoms with Crippen LogP contribution in [0, 0.1) is 6.92 Å². The quantitative estimate of drug-likeness (QED) is 0.478. The van der Waals surface area contributed by atoms with E-state index in [0.717, 1.165) is 29.9 Å². The molecule has 3 aromatic carbocycles. The molecule has 0 unspecified atom stereocenters. The average molecular weight is 471 g/mol. The van der Waals surface area contributed by atoms with Gasteiger partial charge in [-0.05, 0) is 80.6 Å². The highest BCUT2D eigenvalue weighted by Gasteiger charge is 2.32. The number of aryl methyl sites for hydroxylation is 1. The first-order valence-electron chi connectivity index (χ1n) is 12.2. The average Bonchev–Trinajstić information content (AvgIpc) is 3.51. The second-order valence-corrected chi connectivity index (χ2v) is 9.47.